The van der Waals surface area contributed by atoms with Crippen molar-refractivity contribution in [3.63, 3.8) is 0 Å². The molecule has 128 valence electrons. The maximum absolute atomic E-state index is 12.4. The molecule has 0 aromatic heterocycles. The number of hydrogen-bond donors (Lipinski definition) is 1. The van der Waals surface area contributed by atoms with Crippen molar-refractivity contribution in [1.82, 2.24) is 10.2 Å². The van der Waals surface area contributed by atoms with Crippen LogP contribution < -0.4 is 10.2 Å². The van der Waals surface area contributed by atoms with Gasteiger partial charge in [-0.2, -0.15) is 5.26 Å². The van der Waals surface area contributed by atoms with Gasteiger partial charge in [-0.3, -0.25) is 0 Å². The first-order valence-electron chi connectivity index (χ1n) is 8.62. The van der Waals surface area contributed by atoms with E-state index in [0.717, 1.165) is 51.4 Å². The first-order chi connectivity index (χ1) is 11.8. The van der Waals surface area contributed by atoms with E-state index in [1.807, 2.05) is 29.2 Å². The molecule has 0 saturated carbocycles. The van der Waals surface area contributed by atoms with Crippen molar-refractivity contribution < 1.29 is 9.53 Å². The summed E-state index contributed by atoms with van der Waals surface area (Å²) in [6, 6.07) is 9.82. The molecule has 2 aliphatic heterocycles. The number of nitriles is 1. The quantitative estimate of drug-likeness (QED) is 0.919. The minimum Gasteiger partial charge on any atom is -0.381 e. The van der Waals surface area contributed by atoms with Gasteiger partial charge in [-0.05, 0) is 37.1 Å². The zero-order valence-electron chi connectivity index (χ0n) is 13.9. The van der Waals surface area contributed by atoms with Crippen LogP contribution in [0.25, 0.3) is 0 Å². The molecule has 3 rings (SSSR count). The molecule has 6 nitrogen and oxygen atoms in total. The highest BCUT2D eigenvalue weighted by molar-refractivity contribution is 5.74. The molecule has 2 saturated heterocycles. The fourth-order valence-corrected chi connectivity index (χ4v) is 3.21. The summed E-state index contributed by atoms with van der Waals surface area (Å²) in [6.07, 6.45) is 1.98. The Morgan fingerprint density at radius 2 is 2.08 bits per heavy atom. The van der Waals surface area contributed by atoms with Crippen molar-refractivity contribution in [2.75, 3.05) is 50.8 Å². The SMILES string of the molecule is N#Cc1ccc(N2CCCN(C(=O)NCC3CCOC3)CC2)cc1. The lowest BCUT2D eigenvalue weighted by Gasteiger charge is -2.24. The van der Waals surface area contributed by atoms with E-state index in [2.05, 4.69) is 16.3 Å². The molecule has 1 aromatic rings. The van der Waals surface area contributed by atoms with Crippen molar-refractivity contribution in [2.45, 2.75) is 12.8 Å². The van der Waals surface area contributed by atoms with Gasteiger partial charge in [0.05, 0.1) is 18.2 Å². The fraction of sp³-hybridized carbons (Fsp3) is 0.556. The average molecular weight is 328 g/mol. The normalized spacial score (nSPS) is 21.2. The van der Waals surface area contributed by atoms with Gasteiger partial charge in [0.1, 0.15) is 0 Å². The van der Waals surface area contributed by atoms with Crippen LogP contribution in [0.1, 0.15) is 18.4 Å². The van der Waals surface area contributed by atoms with Crippen molar-refractivity contribution >= 4 is 11.7 Å². The Morgan fingerprint density at radius 3 is 2.79 bits per heavy atom. The summed E-state index contributed by atoms with van der Waals surface area (Å²) in [5.74, 6) is 0.455. The molecule has 2 amide bonds. The van der Waals surface area contributed by atoms with Crippen LogP contribution in [-0.4, -0.2) is 56.9 Å². The molecule has 0 spiro atoms. The monoisotopic (exact) mass is 328 g/mol. The molecule has 24 heavy (non-hydrogen) atoms. The van der Waals surface area contributed by atoms with Crippen molar-refractivity contribution in [3.05, 3.63) is 29.8 Å². The van der Waals surface area contributed by atoms with Gasteiger partial charge >= 0.3 is 6.03 Å². The van der Waals surface area contributed by atoms with Gasteiger partial charge in [0.2, 0.25) is 0 Å². The van der Waals surface area contributed by atoms with Crippen LogP contribution in [0.15, 0.2) is 24.3 Å². The Hall–Kier alpha value is -2.26. The van der Waals surface area contributed by atoms with Gasteiger partial charge in [-0.15, -0.1) is 0 Å². The highest BCUT2D eigenvalue weighted by Gasteiger charge is 2.21. The van der Waals surface area contributed by atoms with Crippen LogP contribution >= 0.6 is 0 Å². The standard InChI is InChI=1S/C18H24N4O2/c19-12-15-2-4-17(5-3-15)21-7-1-8-22(10-9-21)18(23)20-13-16-6-11-24-14-16/h2-5,16H,1,6-11,13-14H2,(H,20,23). The first kappa shape index (κ1) is 16.6. The number of hydrogen-bond acceptors (Lipinski definition) is 4. The number of carbonyl (C=O) groups excluding carboxylic acids is 1. The van der Waals surface area contributed by atoms with Gasteiger partial charge in [0, 0.05) is 50.9 Å². The minimum atomic E-state index is 0.0311. The van der Waals surface area contributed by atoms with E-state index >= 15 is 0 Å². The maximum atomic E-state index is 12.4. The van der Waals surface area contributed by atoms with E-state index in [0.29, 0.717) is 24.6 Å². The zero-order chi connectivity index (χ0) is 16.8. The number of nitrogens with zero attached hydrogens (tertiary/aromatic N) is 3. The van der Waals surface area contributed by atoms with Crippen LogP contribution in [0.2, 0.25) is 0 Å². The topological polar surface area (TPSA) is 68.6 Å². The summed E-state index contributed by atoms with van der Waals surface area (Å²) < 4.78 is 5.34. The van der Waals surface area contributed by atoms with E-state index in [-0.39, 0.29) is 6.03 Å². The molecule has 1 unspecified atom stereocenters. The number of ether oxygens (including phenoxy) is 1. The zero-order valence-corrected chi connectivity index (χ0v) is 13.9. The molecule has 0 aliphatic carbocycles. The highest BCUT2D eigenvalue weighted by Crippen LogP contribution is 2.17. The summed E-state index contributed by atoms with van der Waals surface area (Å²) in [7, 11) is 0. The summed E-state index contributed by atoms with van der Waals surface area (Å²) in [5.41, 5.74) is 1.78. The first-order valence-corrected chi connectivity index (χ1v) is 8.62. The summed E-state index contributed by atoms with van der Waals surface area (Å²) in [5, 5.41) is 11.9. The smallest absolute Gasteiger partial charge is 0.317 e. The molecular weight excluding hydrogens is 304 g/mol. The Kier molecular flexibility index (Phi) is 5.55. The molecule has 2 fully saturated rings. The Balaban J connectivity index is 1.50. The second-order valence-electron chi connectivity index (χ2n) is 6.40. The van der Waals surface area contributed by atoms with Crippen molar-refractivity contribution in [2.24, 2.45) is 5.92 Å². The van der Waals surface area contributed by atoms with Gasteiger partial charge < -0.3 is 19.9 Å². The van der Waals surface area contributed by atoms with Crippen molar-refractivity contribution in [3.8, 4) is 6.07 Å². The third-order valence-electron chi connectivity index (χ3n) is 4.71. The second kappa shape index (κ2) is 8.02. The number of amides is 2. The molecule has 2 heterocycles. The minimum absolute atomic E-state index is 0.0311. The van der Waals surface area contributed by atoms with Gasteiger partial charge in [-0.25, -0.2) is 4.79 Å². The van der Waals surface area contributed by atoms with E-state index in [9.17, 15) is 4.79 Å². The summed E-state index contributed by atoms with van der Waals surface area (Å²) in [6.45, 7) is 5.50. The lowest BCUT2D eigenvalue weighted by atomic mass is 10.1. The van der Waals surface area contributed by atoms with Crippen molar-refractivity contribution in [1.29, 1.82) is 5.26 Å². The van der Waals surface area contributed by atoms with Gasteiger partial charge in [-0.1, -0.05) is 0 Å². The molecule has 1 atom stereocenters. The molecule has 0 bridgehead atoms. The fourth-order valence-electron chi connectivity index (χ4n) is 3.21. The van der Waals surface area contributed by atoms with Crippen LogP contribution in [-0.2, 0) is 4.74 Å². The molecule has 0 radical (unpaired) electrons. The third-order valence-corrected chi connectivity index (χ3v) is 4.71. The Labute approximate surface area is 143 Å². The Bertz CT molecular complexity index is 590. The van der Waals surface area contributed by atoms with E-state index in [1.54, 1.807) is 0 Å². The maximum Gasteiger partial charge on any atom is 0.317 e. The number of anilines is 1. The number of carbonyl (C=O) groups is 1. The second-order valence-corrected chi connectivity index (χ2v) is 6.40. The number of urea groups is 1. The van der Waals surface area contributed by atoms with E-state index in [4.69, 9.17) is 10.00 Å². The molecule has 2 aliphatic rings. The lowest BCUT2D eigenvalue weighted by Crippen LogP contribution is -2.43. The largest absolute Gasteiger partial charge is 0.381 e. The molecular formula is C18H24N4O2. The lowest BCUT2D eigenvalue weighted by molar-refractivity contribution is 0.181. The molecule has 6 heteroatoms. The van der Waals surface area contributed by atoms with Gasteiger partial charge in [0.15, 0.2) is 0 Å². The Morgan fingerprint density at radius 1 is 1.25 bits per heavy atom. The van der Waals surface area contributed by atoms with E-state index < -0.39 is 0 Å². The molecule has 1 aromatic carbocycles. The van der Waals surface area contributed by atoms with E-state index in [1.165, 1.54) is 0 Å². The number of nitrogens with one attached hydrogen (secondary N) is 1. The molecule has 1 N–H and O–H groups in total. The third kappa shape index (κ3) is 4.18. The number of benzene rings is 1. The van der Waals surface area contributed by atoms with Gasteiger partial charge in [0.25, 0.3) is 0 Å². The van der Waals surface area contributed by atoms with Crippen LogP contribution in [0.4, 0.5) is 10.5 Å². The van der Waals surface area contributed by atoms with Crippen LogP contribution in [0.5, 0.6) is 0 Å². The highest BCUT2D eigenvalue weighted by atomic mass is 16.5. The average Bonchev–Trinajstić information content (AvgIpc) is 3.02. The predicted octanol–water partition coefficient (Wildman–Crippen LogP) is 1.82. The van der Waals surface area contributed by atoms with Crippen LogP contribution in [0, 0.1) is 17.2 Å². The number of rotatable bonds is 3. The van der Waals surface area contributed by atoms with Crippen LogP contribution in [0.3, 0.4) is 0 Å². The summed E-state index contributed by atoms with van der Waals surface area (Å²) >= 11 is 0. The predicted molar refractivity (Wildman–Crippen MR) is 91.9 cm³/mol. The summed E-state index contributed by atoms with van der Waals surface area (Å²) in [4.78, 5) is 16.5.